The number of aromatic carboxylic acids is 1. The fourth-order valence-electron chi connectivity index (χ4n) is 1.83. The van der Waals surface area contributed by atoms with Crippen LogP contribution in [0.3, 0.4) is 0 Å². The van der Waals surface area contributed by atoms with Crippen LogP contribution in [-0.2, 0) is 0 Å². The molecule has 3 heteroatoms. The highest BCUT2D eigenvalue weighted by Gasteiger charge is 2.16. The van der Waals surface area contributed by atoms with Gasteiger partial charge in [0.15, 0.2) is 0 Å². The molecule has 1 rings (SSSR count). The van der Waals surface area contributed by atoms with Gasteiger partial charge < -0.3 is 5.11 Å². The number of benzene rings is 1. The van der Waals surface area contributed by atoms with E-state index in [1.807, 2.05) is 13.8 Å². The zero-order valence-corrected chi connectivity index (χ0v) is 11.5. The van der Waals surface area contributed by atoms with Crippen molar-refractivity contribution in [2.24, 2.45) is 0 Å². The summed E-state index contributed by atoms with van der Waals surface area (Å²) in [5, 5.41) is 9.04. The van der Waals surface area contributed by atoms with Gasteiger partial charge in [-0.05, 0) is 65.1 Å². The van der Waals surface area contributed by atoms with Crippen molar-refractivity contribution in [1.29, 1.82) is 0 Å². The van der Waals surface area contributed by atoms with Crippen LogP contribution in [0.15, 0.2) is 6.07 Å². The molecule has 0 heterocycles. The van der Waals surface area contributed by atoms with Crippen LogP contribution in [0.4, 0.5) is 0 Å². The third-order valence-electron chi connectivity index (χ3n) is 2.71. The monoisotopic (exact) mass is 318 g/mol. The molecule has 82 valence electrons. The van der Waals surface area contributed by atoms with Crippen LogP contribution in [0.2, 0.25) is 0 Å². The zero-order chi connectivity index (χ0) is 11.7. The van der Waals surface area contributed by atoms with Gasteiger partial charge in [-0.25, -0.2) is 4.79 Å². The number of rotatable bonds is 2. The Morgan fingerprint density at radius 2 is 1.87 bits per heavy atom. The van der Waals surface area contributed by atoms with Gasteiger partial charge in [0, 0.05) is 3.57 Å². The molecular weight excluding hydrogens is 303 g/mol. The Hall–Kier alpha value is -0.580. The van der Waals surface area contributed by atoms with E-state index in [9.17, 15) is 4.79 Å². The van der Waals surface area contributed by atoms with Gasteiger partial charge in [-0.3, -0.25) is 0 Å². The molecule has 1 aromatic rings. The fraction of sp³-hybridized carbons (Fsp3) is 0.417. The molecule has 0 aliphatic rings. The van der Waals surface area contributed by atoms with Crippen LogP contribution < -0.4 is 0 Å². The van der Waals surface area contributed by atoms with E-state index in [0.717, 1.165) is 14.7 Å². The molecule has 0 spiro atoms. The standard InChI is InChI=1S/C12H15IO2/c1-6(2)11-8(4)7(3)9(12(14)15)5-10(11)13/h5-6H,1-4H3,(H,14,15). The van der Waals surface area contributed by atoms with Gasteiger partial charge >= 0.3 is 5.97 Å². The molecule has 1 aromatic carbocycles. The number of carboxylic acid groups (broad SMARTS) is 1. The third kappa shape index (κ3) is 2.33. The SMILES string of the molecule is Cc1c(C(=O)O)cc(I)c(C(C)C)c1C. The molecule has 15 heavy (non-hydrogen) atoms. The van der Waals surface area contributed by atoms with Crippen LogP contribution in [0.1, 0.15) is 46.8 Å². The Bertz CT molecular complexity index is 409. The first kappa shape index (κ1) is 12.5. The van der Waals surface area contributed by atoms with Crippen molar-refractivity contribution in [3.63, 3.8) is 0 Å². The Kier molecular flexibility index (Phi) is 3.76. The van der Waals surface area contributed by atoms with Crippen molar-refractivity contribution in [3.8, 4) is 0 Å². The molecule has 0 radical (unpaired) electrons. The molecule has 0 bridgehead atoms. The van der Waals surface area contributed by atoms with E-state index in [1.54, 1.807) is 6.07 Å². The maximum Gasteiger partial charge on any atom is 0.335 e. The van der Waals surface area contributed by atoms with Gasteiger partial charge in [-0.2, -0.15) is 0 Å². The highest BCUT2D eigenvalue weighted by molar-refractivity contribution is 14.1. The van der Waals surface area contributed by atoms with Gasteiger partial charge in [0.2, 0.25) is 0 Å². The number of carbonyl (C=O) groups is 1. The van der Waals surface area contributed by atoms with Crippen molar-refractivity contribution in [1.82, 2.24) is 0 Å². The first-order valence-corrected chi connectivity index (χ1v) is 5.97. The maximum atomic E-state index is 11.0. The molecule has 0 aliphatic heterocycles. The van der Waals surface area contributed by atoms with Crippen molar-refractivity contribution < 1.29 is 9.90 Å². The second kappa shape index (κ2) is 4.51. The van der Waals surface area contributed by atoms with E-state index < -0.39 is 5.97 Å². The van der Waals surface area contributed by atoms with Crippen LogP contribution in [-0.4, -0.2) is 11.1 Å². The normalized spacial score (nSPS) is 10.8. The van der Waals surface area contributed by atoms with Gasteiger partial charge in [-0.1, -0.05) is 13.8 Å². The topological polar surface area (TPSA) is 37.3 Å². The average molecular weight is 318 g/mol. The van der Waals surface area contributed by atoms with E-state index in [1.165, 1.54) is 5.56 Å². The van der Waals surface area contributed by atoms with Crippen molar-refractivity contribution >= 4 is 28.6 Å². The summed E-state index contributed by atoms with van der Waals surface area (Å²) in [6.07, 6.45) is 0. The molecular formula is C12H15IO2. The molecule has 0 saturated carbocycles. The van der Waals surface area contributed by atoms with Crippen LogP contribution in [0, 0.1) is 17.4 Å². The quantitative estimate of drug-likeness (QED) is 0.844. The molecule has 1 N–H and O–H groups in total. The minimum atomic E-state index is -0.844. The first-order valence-electron chi connectivity index (χ1n) is 4.89. The molecule has 0 unspecified atom stereocenters. The summed E-state index contributed by atoms with van der Waals surface area (Å²) >= 11 is 2.21. The number of halogens is 1. The molecule has 0 atom stereocenters. The second-order valence-electron chi connectivity index (χ2n) is 4.03. The number of carboxylic acids is 1. The largest absolute Gasteiger partial charge is 0.478 e. The van der Waals surface area contributed by atoms with Crippen LogP contribution >= 0.6 is 22.6 Å². The summed E-state index contributed by atoms with van der Waals surface area (Å²) in [6.45, 7) is 8.13. The summed E-state index contributed by atoms with van der Waals surface area (Å²) in [5.41, 5.74) is 3.67. The predicted molar refractivity (Wildman–Crippen MR) is 69.7 cm³/mol. The molecule has 0 aliphatic carbocycles. The summed E-state index contributed by atoms with van der Waals surface area (Å²) in [6, 6.07) is 1.76. The second-order valence-corrected chi connectivity index (χ2v) is 5.19. The molecule has 0 fully saturated rings. The number of hydrogen-bond donors (Lipinski definition) is 1. The van der Waals surface area contributed by atoms with Gasteiger partial charge in [0.1, 0.15) is 0 Å². The highest BCUT2D eigenvalue weighted by Crippen LogP contribution is 2.29. The Balaban J connectivity index is 3.51. The summed E-state index contributed by atoms with van der Waals surface area (Å²) < 4.78 is 1.04. The lowest BCUT2D eigenvalue weighted by Crippen LogP contribution is -2.07. The lowest BCUT2D eigenvalue weighted by molar-refractivity contribution is 0.0696. The fourth-order valence-corrected chi connectivity index (χ4v) is 3.17. The summed E-state index contributed by atoms with van der Waals surface area (Å²) in [4.78, 5) is 11.0. The van der Waals surface area contributed by atoms with E-state index >= 15 is 0 Å². The van der Waals surface area contributed by atoms with Gasteiger partial charge in [0.05, 0.1) is 5.56 Å². The zero-order valence-electron chi connectivity index (χ0n) is 9.39. The predicted octanol–water partition coefficient (Wildman–Crippen LogP) is 3.73. The third-order valence-corrected chi connectivity index (χ3v) is 3.60. The van der Waals surface area contributed by atoms with E-state index in [-0.39, 0.29) is 0 Å². The summed E-state index contributed by atoms with van der Waals surface area (Å²) in [5.74, 6) is -0.415. The minimum Gasteiger partial charge on any atom is -0.478 e. The van der Waals surface area contributed by atoms with E-state index in [2.05, 4.69) is 36.4 Å². The van der Waals surface area contributed by atoms with E-state index in [4.69, 9.17) is 5.11 Å². The average Bonchev–Trinajstić information content (AvgIpc) is 2.10. The van der Waals surface area contributed by atoms with E-state index in [0.29, 0.717) is 11.5 Å². The number of hydrogen-bond acceptors (Lipinski definition) is 1. The smallest absolute Gasteiger partial charge is 0.335 e. The van der Waals surface area contributed by atoms with Gasteiger partial charge in [0.25, 0.3) is 0 Å². The lowest BCUT2D eigenvalue weighted by atomic mass is 9.92. The van der Waals surface area contributed by atoms with Gasteiger partial charge in [-0.15, -0.1) is 0 Å². The Morgan fingerprint density at radius 1 is 1.33 bits per heavy atom. The summed E-state index contributed by atoms with van der Waals surface area (Å²) in [7, 11) is 0. The highest BCUT2D eigenvalue weighted by atomic mass is 127. The molecule has 2 nitrogen and oxygen atoms in total. The van der Waals surface area contributed by atoms with Crippen molar-refractivity contribution in [2.45, 2.75) is 33.6 Å². The molecule has 0 aromatic heterocycles. The minimum absolute atomic E-state index is 0.418. The Labute approximate surface area is 104 Å². The Morgan fingerprint density at radius 3 is 2.27 bits per heavy atom. The maximum absolute atomic E-state index is 11.0. The van der Waals surface area contributed by atoms with Crippen molar-refractivity contribution in [2.75, 3.05) is 0 Å². The lowest BCUT2D eigenvalue weighted by Gasteiger charge is -2.16. The molecule has 0 saturated heterocycles. The van der Waals surface area contributed by atoms with Crippen molar-refractivity contribution in [3.05, 3.63) is 31.9 Å². The van der Waals surface area contributed by atoms with Crippen LogP contribution in [0.5, 0.6) is 0 Å². The first-order chi connectivity index (χ1) is 6.86. The van der Waals surface area contributed by atoms with Crippen LogP contribution in [0.25, 0.3) is 0 Å². The molecule has 0 amide bonds.